The van der Waals surface area contributed by atoms with Crippen LogP contribution in [-0.2, 0) is 21.7 Å². The van der Waals surface area contributed by atoms with Crippen LogP contribution in [0.25, 0.3) is 0 Å². The predicted molar refractivity (Wildman–Crippen MR) is 78.6 cm³/mol. The van der Waals surface area contributed by atoms with Gasteiger partial charge in [-0.3, -0.25) is 0 Å². The lowest BCUT2D eigenvalue weighted by molar-refractivity contribution is 0.372. The maximum atomic E-state index is 12.4. The van der Waals surface area contributed by atoms with Crippen molar-refractivity contribution in [2.75, 3.05) is 7.05 Å². The molecule has 0 aromatic heterocycles. The average molecular weight is 302 g/mol. The summed E-state index contributed by atoms with van der Waals surface area (Å²) in [5.74, 6) is 0.469. The van der Waals surface area contributed by atoms with Gasteiger partial charge in [0.1, 0.15) is 0 Å². The zero-order valence-corrected chi connectivity index (χ0v) is 12.8. The van der Waals surface area contributed by atoms with Crippen LogP contribution in [0, 0.1) is 0 Å². The van der Waals surface area contributed by atoms with Crippen LogP contribution >= 0.6 is 11.6 Å². The summed E-state index contributed by atoms with van der Waals surface area (Å²) in [7, 11) is -1.53. The van der Waals surface area contributed by atoms with E-state index in [1.807, 2.05) is 24.3 Å². The van der Waals surface area contributed by atoms with Gasteiger partial charge in [0.2, 0.25) is 10.0 Å². The number of hydrogen-bond acceptors (Lipinski definition) is 2. The first-order chi connectivity index (χ1) is 9.03. The summed E-state index contributed by atoms with van der Waals surface area (Å²) >= 11 is 5.78. The molecule has 106 valence electrons. The summed E-state index contributed by atoms with van der Waals surface area (Å²) in [4.78, 5) is 0. The summed E-state index contributed by atoms with van der Waals surface area (Å²) in [5, 5.41) is 0. The molecule has 0 radical (unpaired) electrons. The van der Waals surface area contributed by atoms with Crippen molar-refractivity contribution in [2.45, 2.75) is 43.4 Å². The Morgan fingerprint density at radius 3 is 2.53 bits per heavy atom. The van der Waals surface area contributed by atoms with Crippen molar-refractivity contribution in [2.24, 2.45) is 0 Å². The first kappa shape index (κ1) is 14.8. The van der Waals surface area contributed by atoms with Crippen molar-refractivity contribution >= 4 is 21.6 Å². The van der Waals surface area contributed by atoms with Gasteiger partial charge in [-0.2, -0.15) is 0 Å². The number of sulfonamides is 1. The molecule has 19 heavy (non-hydrogen) atoms. The van der Waals surface area contributed by atoms with E-state index in [2.05, 4.69) is 0 Å². The smallest absolute Gasteiger partial charge is 0.212 e. The van der Waals surface area contributed by atoms with Gasteiger partial charge in [0.05, 0.1) is 5.75 Å². The van der Waals surface area contributed by atoms with Gasteiger partial charge in [-0.25, -0.2) is 12.7 Å². The second-order valence-electron chi connectivity index (χ2n) is 5.16. The van der Waals surface area contributed by atoms with E-state index < -0.39 is 10.0 Å². The monoisotopic (exact) mass is 301 g/mol. The Morgan fingerprint density at radius 2 is 1.89 bits per heavy atom. The maximum absolute atomic E-state index is 12.4. The minimum Gasteiger partial charge on any atom is -0.212 e. The van der Waals surface area contributed by atoms with E-state index in [0.717, 1.165) is 36.8 Å². The van der Waals surface area contributed by atoms with E-state index in [0.29, 0.717) is 5.88 Å². The van der Waals surface area contributed by atoms with Crippen molar-refractivity contribution in [3.05, 3.63) is 35.4 Å². The fourth-order valence-corrected chi connectivity index (χ4v) is 4.25. The standard InChI is InChI=1S/C14H20ClNO2S/c1-16(14-7-2-3-8-14)19(17,18)11-13-6-4-5-12(9-13)10-15/h4-6,9,14H,2-3,7-8,10-11H2,1H3. The first-order valence-corrected chi connectivity index (χ1v) is 8.77. The van der Waals surface area contributed by atoms with Gasteiger partial charge in [0.15, 0.2) is 0 Å². The summed E-state index contributed by atoms with van der Waals surface area (Å²) < 4.78 is 26.3. The number of nitrogens with zero attached hydrogens (tertiary/aromatic N) is 1. The summed E-state index contributed by atoms with van der Waals surface area (Å²) in [5.41, 5.74) is 1.76. The van der Waals surface area contributed by atoms with Crippen LogP contribution in [0.15, 0.2) is 24.3 Å². The van der Waals surface area contributed by atoms with E-state index in [1.54, 1.807) is 11.4 Å². The van der Waals surface area contributed by atoms with Crippen LogP contribution in [0.1, 0.15) is 36.8 Å². The minimum absolute atomic E-state index is 0.0602. The lowest BCUT2D eigenvalue weighted by Crippen LogP contribution is -2.36. The topological polar surface area (TPSA) is 37.4 Å². The molecule has 0 N–H and O–H groups in total. The molecule has 0 aliphatic heterocycles. The molecule has 0 bridgehead atoms. The highest BCUT2D eigenvalue weighted by Gasteiger charge is 2.28. The number of rotatable bonds is 5. The fraction of sp³-hybridized carbons (Fsp3) is 0.571. The highest BCUT2D eigenvalue weighted by molar-refractivity contribution is 7.88. The predicted octanol–water partition coefficient (Wildman–Crippen LogP) is 3.13. The maximum Gasteiger partial charge on any atom is 0.218 e. The molecule has 3 nitrogen and oxygen atoms in total. The second-order valence-corrected chi connectivity index (χ2v) is 7.46. The molecule has 0 heterocycles. The van der Waals surface area contributed by atoms with Gasteiger partial charge < -0.3 is 0 Å². The van der Waals surface area contributed by atoms with Crippen molar-refractivity contribution in [1.82, 2.24) is 4.31 Å². The van der Waals surface area contributed by atoms with Crippen LogP contribution in [0.2, 0.25) is 0 Å². The van der Waals surface area contributed by atoms with Gasteiger partial charge in [-0.1, -0.05) is 37.1 Å². The largest absolute Gasteiger partial charge is 0.218 e. The number of benzene rings is 1. The molecule has 0 amide bonds. The lowest BCUT2D eigenvalue weighted by Gasteiger charge is -2.23. The highest BCUT2D eigenvalue weighted by atomic mass is 35.5. The molecule has 0 atom stereocenters. The van der Waals surface area contributed by atoms with Crippen LogP contribution in [0.5, 0.6) is 0 Å². The Labute approximate surface area is 120 Å². The van der Waals surface area contributed by atoms with Gasteiger partial charge in [-0.05, 0) is 24.0 Å². The zero-order valence-electron chi connectivity index (χ0n) is 11.2. The summed E-state index contributed by atoms with van der Waals surface area (Å²) in [6.07, 6.45) is 4.23. The third-order valence-corrected chi connectivity index (χ3v) is 5.95. The zero-order chi connectivity index (χ0) is 13.9. The molecule has 1 aromatic rings. The van der Waals surface area contributed by atoms with E-state index in [4.69, 9.17) is 11.6 Å². The Kier molecular flexibility index (Phi) is 4.87. The molecule has 2 rings (SSSR count). The molecule has 1 saturated carbocycles. The van der Waals surface area contributed by atoms with Crippen LogP contribution in [0.4, 0.5) is 0 Å². The summed E-state index contributed by atoms with van der Waals surface area (Å²) in [6.45, 7) is 0. The van der Waals surface area contributed by atoms with E-state index >= 15 is 0 Å². The second kappa shape index (κ2) is 6.25. The number of hydrogen-bond donors (Lipinski definition) is 0. The van der Waals surface area contributed by atoms with Crippen molar-refractivity contribution in [3.8, 4) is 0 Å². The third-order valence-electron chi connectivity index (χ3n) is 3.77. The molecule has 0 unspecified atom stereocenters. The Hall–Kier alpha value is -0.580. The van der Waals surface area contributed by atoms with E-state index in [-0.39, 0.29) is 11.8 Å². The SMILES string of the molecule is CN(C1CCCC1)S(=O)(=O)Cc1cccc(CCl)c1. The van der Waals surface area contributed by atoms with Crippen LogP contribution in [-0.4, -0.2) is 25.8 Å². The first-order valence-electron chi connectivity index (χ1n) is 6.62. The van der Waals surface area contributed by atoms with E-state index in [1.165, 1.54) is 0 Å². The molecule has 1 fully saturated rings. The Morgan fingerprint density at radius 1 is 1.26 bits per heavy atom. The molecule has 1 aliphatic rings. The van der Waals surface area contributed by atoms with Crippen LogP contribution in [0.3, 0.4) is 0 Å². The Bertz CT molecular complexity index is 524. The fourth-order valence-electron chi connectivity index (χ4n) is 2.61. The lowest BCUT2D eigenvalue weighted by atomic mass is 10.2. The van der Waals surface area contributed by atoms with Crippen molar-refractivity contribution < 1.29 is 8.42 Å². The number of alkyl halides is 1. The molecule has 0 saturated heterocycles. The van der Waals surface area contributed by atoms with Gasteiger partial charge in [0, 0.05) is 19.0 Å². The molecule has 1 aromatic carbocycles. The van der Waals surface area contributed by atoms with Gasteiger partial charge >= 0.3 is 0 Å². The quantitative estimate of drug-likeness (QED) is 0.784. The molecule has 0 spiro atoms. The Balaban J connectivity index is 2.11. The van der Waals surface area contributed by atoms with E-state index in [9.17, 15) is 8.42 Å². The average Bonchev–Trinajstić information content (AvgIpc) is 2.91. The molecule has 5 heteroatoms. The van der Waals surface area contributed by atoms with Crippen molar-refractivity contribution in [3.63, 3.8) is 0 Å². The molecule has 1 aliphatic carbocycles. The minimum atomic E-state index is -3.23. The van der Waals surface area contributed by atoms with Gasteiger partial charge in [0.25, 0.3) is 0 Å². The third kappa shape index (κ3) is 3.71. The van der Waals surface area contributed by atoms with Crippen molar-refractivity contribution in [1.29, 1.82) is 0 Å². The number of halogens is 1. The summed E-state index contributed by atoms with van der Waals surface area (Å²) in [6, 6.07) is 7.66. The van der Waals surface area contributed by atoms with Crippen LogP contribution < -0.4 is 0 Å². The normalized spacial score (nSPS) is 17.2. The highest BCUT2D eigenvalue weighted by Crippen LogP contribution is 2.25. The molecular formula is C14H20ClNO2S. The molecular weight excluding hydrogens is 282 g/mol. The van der Waals surface area contributed by atoms with Gasteiger partial charge in [-0.15, -0.1) is 11.6 Å².